The summed E-state index contributed by atoms with van der Waals surface area (Å²) in [6.07, 6.45) is 5.28. The number of benzene rings is 1. The molecule has 1 aromatic carbocycles. The summed E-state index contributed by atoms with van der Waals surface area (Å²) < 4.78 is 28.0. The van der Waals surface area contributed by atoms with Gasteiger partial charge in [0.1, 0.15) is 5.00 Å². The highest BCUT2D eigenvalue weighted by Gasteiger charge is 2.32. The Kier molecular flexibility index (Phi) is 9.85. The van der Waals surface area contributed by atoms with Gasteiger partial charge in [0, 0.05) is 49.2 Å². The Morgan fingerprint density at radius 2 is 1.74 bits per heavy atom. The van der Waals surface area contributed by atoms with Crippen LogP contribution in [0.25, 0.3) is 0 Å². The van der Waals surface area contributed by atoms with Crippen molar-refractivity contribution < 1.29 is 18.0 Å². The van der Waals surface area contributed by atoms with Gasteiger partial charge in [-0.1, -0.05) is 27.2 Å². The van der Waals surface area contributed by atoms with Gasteiger partial charge in [-0.05, 0) is 75.4 Å². The van der Waals surface area contributed by atoms with E-state index in [1.165, 1.54) is 23.5 Å². The molecule has 2 aliphatic heterocycles. The molecule has 1 unspecified atom stereocenters. The van der Waals surface area contributed by atoms with Crippen LogP contribution in [0.5, 0.6) is 0 Å². The molecule has 2 amide bonds. The van der Waals surface area contributed by atoms with Crippen LogP contribution < -0.4 is 5.32 Å². The van der Waals surface area contributed by atoms with Gasteiger partial charge in [-0.25, -0.2) is 8.42 Å². The number of nitrogens with zero attached hydrogens (tertiary/aromatic N) is 3. The average Bonchev–Trinajstić information content (AvgIpc) is 3.29. The van der Waals surface area contributed by atoms with E-state index in [9.17, 15) is 18.0 Å². The first-order valence-electron chi connectivity index (χ1n) is 14.3. The predicted molar refractivity (Wildman–Crippen MR) is 157 cm³/mol. The Morgan fingerprint density at radius 1 is 1.05 bits per heavy atom. The van der Waals surface area contributed by atoms with Crippen molar-refractivity contribution in [3.63, 3.8) is 0 Å². The van der Waals surface area contributed by atoms with Gasteiger partial charge in [0.25, 0.3) is 11.8 Å². The summed E-state index contributed by atoms with van der Waals surface area (Å²) in [4.78, 5) is 32.7. The van der Waals surface area contributed by atoms with Crippen LogP contribution in [0.4, 0.5) is 5.00 Å². The second-order valence-corrected chi connectivity index (χ2v) is 13.6. The molecule has 214 valence electrons. The molecule has 8 nitrogen and oxygen atoms in total. The normalized spacial score (nSPS) is 18.5. The molecule has 39 heavy (non-hydrogen) atoms. The summed E-state index contributed by atoms with van der Waals surface area (Å²) >= 11 is 1.49. The van der Waals surface area contributed by atoms with Gasteiger partial charge in [0.15, 0.2) is 0 Å². The number of fused-ring (bicyclic) bond motifs is 1. The second-order valence-electron chi connectivity index (χ2n) is 10.6. The second kappa shape index (κ2) is 12.9. The van der Waals surface area contributed by atoms with Crippen molar-refractivity contribution in [1.29, 1.82) is 0 Å². The van der Waals surface area contributed by atoms with E-state index in [1.807, 2.05) is 11.8 Å². The highest BCUT2D eigenvalue weighted by molar-refractivity contribution is 7.89. The topological polar surface area (TPSA) is 90.0 Å². The molecule has 0 bridgehead atoms. The number of piperidine rings is 1. The summed E-state index contributed by atoms with van der Waals surface area (Å²) in [5.41, 5.74) is 2.04. The number of carbonyl (C=O) groups is 2. The van der Waals surface area contributed by atoms with Gasteiger partial charge in [-0.15, -0.1) is 11.3 Å². The van der Waals surface area contributed by atoms with Gasteiger partial charge in [0.05, 0.1) is 10.5 Å². The maximum absolute atomic E-state index is 13.8. The van der Waals surface area contributed by atoms with Crippen molar-refractivity contribution in [2.75, 3.05) is 38.0 Å². The molecule has 0 aliphatic carbocycles. The molecule has 1 fully saturated rings. The molecular weight excluding hydrogens is 532 g/mol. The molecule has 0 radical (unpaired) electrons. The van der Waals surface area contributed by atoms with Crippen LogP contribution in [0.1, 0.15) is 91.0 Å². The van der Waals surface area contributed by atoms with Crippen LogP contribution in [-0.4, -0.2) is 73.1 Å². The van der Waals surface area contributed by atoms with Crippen molar-refractivity contribution >= 4 is 38.2 Å². The van der Waals surface area contributed by atoms with E-state index in [4.69, 9.17) is 0 Å². The van der Waals surface area contributed by atoms with Crippen molar-refractivity contribution in [3.05, 3.63) is 45.8 Å². The van der Waals surface area contributed by atoms with E-state index < -0.39 is 10.0 Å². The fourth-order valence-corrected chi connectivity index (χ4v) is 8.55. The number of anilines is 1. The number of hydrogen-bond donors (Lipinski definition) is 1. The number of hydrogen-bond acceptors (Lipinski definition) is 6. The van der Waals surface area contributed by atoms with Crippen molar-refractivity contribution in [2.45, 2.75) is 83.7 Å². The molecule has 1 N–H and O–H groups in total. The summed E-state index contributed by atoms with van der Waals surface area (Å²) in [7, 11) is -3.61. The molecule has 10 heteroatoms. The first-order valence-corrected chi connectivity index (χ1v) is 16.6. The standard InChI is InChI=1S/C29H42N4O4S2/c1-5-16-32(17-6-2)29(35)26-24-15-19-31(7-3)20-25(24)38-28(26)30-27(34)22-11-13-23(14-12-22)39(36,37)33-18-9-8-10-21(33)4/h11-14,21H,5-10,15-20H2,1-4H3,(H,30,34). The van der Waals surface area contributed by atoms with E-state index in [0.717, 1.165) is 68.6 Å². The van der Waals surface area contributed by atoms with Crippen molar-refractivity contribution in [1.82, 2.24) is 14.1 Å². The summed E-state index contributed by atoms with van der Waals surface area (Å²) in [5, 5.41) is 3.61. The Balaban J connectivity index is 1.60. The lowest BCUT2D eigenvalue weighted by Gasteiger charge is -2.32. The molecule has 0 saturated carbocycles. The SMILES string of the molecule is CCCN(CCC)C(=O)c1c(NC(=O)c2ccc(S(=O)(=O)N3CCCCC3C)cc2)sc2c1CCN(CC)C2. The fraction of sp³-hybridized carbons (Fsp3) is 0.586. The lowest BCUT2D eigenvalue weighted by atomic mass is 10.0. The monoisotopic (exact) mass is 574 g/mol. The summed E-state index contributed by atoms with van der Waals surface area (Å²) in [6, 6.07) is 6.12. The van der Waals surface area contributed by atoms with Crippen LogP contribution >= 0.6 is 11.3 Å². The molecule has 2 aliphatic rings. The molecule has 3 heterocycles. The van der Waals surface area contributed by atoms with Crippen LogP contribution in [0.3, 0.4) is 0 Å². The highest BCUT2D eigenvalue weighted by atomic mass is 32.2. The zero-order chi connectivity index (χ0) is 28.2. The third-order valence-corrected chi connectivity index (χ3v) is 10.9. The zero-order valence-electron chi connectivity index (χ0n) is 23.7. The van der Waals surface area contributed by atoms with Crippen molar-refractivity contribution in [3.8, 4) is 0 Å². The minimum atomic E-state index is -3.61. The maximum atomic E-state index is 13.8. The van der Waals surface area contributed by atoms with E-state index in [2.05, 4.69) is 31.0 Å². The molecule has 1 aromatic heterocycles. The van der Waals surface area contributed by atoms with Gasteiger partial charge in [-0.2, -0.15) is 4.31 Å². The molecule has 2 aromatic rings. The Bertz CT molecular complexity index is 1270. The minimum absolute atomic E-state index is 0.0199. The van der Waals surface area contributed by atoms with Gasteiger partial charge in [-0.3, -0.25) is 14.5 Å². The number of amides is 2. The number of sulfonamides is 1. The number of rotatable bonds is 10. The third-order valence-electron chi connectivity index (χ3n) is 7.76. The molecular formula is C29H42N4O4S2. The van der Waals surface area contributed by atoms with Crippen LogP contribution in [-0.2, 0) is 23.0 Å². The quantitative estimate of drug-likeness (QED) is 0.421. The Hall–Kier alpha value is -2.27. The predicted octanol–water partition coefficient (Wildman–Crippen LogP) is 5.20. The first kappa shape index (κ1) is 29.7. The van der Waals surface area contributed by atoms with E-state index in [0.29, 0.717) is 35.8 Å². The number of carbonyl (C=O) groups excluding carboxylic acids is 2. The number of thiophene rings is 1. The molecule has 1 atom stereocenters. The molecule has 4 rings (SSSR count). The third kappa shape index (κ3) is 6.39. The number of nitrogens with one attached hydrogen (secondary N) is 1. The highest BCUT2D eigenvalue weighted by Crippen LogP contribution is 2.38. The smallest absolute Gasteiger partial charge is 0.257 e. The van der Waals surface area contributed by atoms with E-state index >= 15 is 0 Å². The lowest BCUT2D eigenvalue weighted by Crippen LogP contribution is -2.41. The first-order chi connectivity index (χ1) is 18.7. The fourth-order valence-electron chi connectivity index (χ4n) is 5.57. The molecule has 0 spiro atoms. The van der Waals surface area contributed by atoms with Gasteiger partial charge >= 0.3 is 0 Å². The van der Waals surface area contributed by atoms with Crippen LogP contribution in [0.15, 0.2) is 29.2 Å². The van der Waals surface area contributed by atoms with E-state index in [-0.39, 0.29) is 22.8 Å². The minimum Gasteiger partial charge on any atom is -0.339 e. The van der Waals surface area contributed by atoms with E-state index in [1.54, 1.807) is 16.4 Å². The van der Waals surface area contributed by atoms with Crippen molar-refractivity contribution in [2.24, 2.45) is 0 Å². The van der Waals surface area contributed by atoms with Crippen LogP contribution in [0.2, 0.25) is 0 Å². The largest absolute Gasteiger partial charge is 0.339 e. The Labute approximate surface area is 237 Å². The summed E-state index contributed by atoms with van der Waals surface area (Å²) in [6.45, 7) is 12.7. The Morgan fingerprint density at radius 3 is 2.36 bits per heavy atom. The van der Waals surface area contributed by atoms with Gasteiger partial charge in [0.2, 0.25) is 10.0 Å². The average molecular weight is 575 g/mol. The summed E-state index contributed by atoms with van der Waals surface area (Å²) in [5.74, 6) is -0.364. The molecule has 1 saturated heterocycles. The zero-order valence-corrected chi connectivity index (χ0v) is 25.3. The van der Waals surface area contributed by atoms with Crippen LogP contribution in [0, 0.1) is 0 Å². The number of likely N-dealkylation sites (N-methyl/N-ethyl adjacent to an activating group) is 1. The van der Waals surface area contributed by atoms with Gasteiger partial charge < -0.3 is 10.2 Å². The maximum Gasteiger partial charge on any atom is 0.257 e. The lowest BCUT2D eigenvalue weighted by molar-refractivity contribution is 0.0755.